The van der Waals surface area contributed by atoms with Crippen molar-refractivity contribution < 1.29 is 10.0 Å². The third kappa shape index (κ3) is 2.48. The summed E-state index contributed by atoms with van der Waals surface area (Å²) in [6, 6.07) is 1.79. The van der Waals surface area contributed by atoms with Crippen molar-refractivity contribution in [3.05, 3.63) is 17.5 Å². The molecule has 7 nitrogen and oxygen atoms in total. The summed E-state index contributed by atoms with van der Waals surface area (Å²) >= 11 is 0. The molecule has 1 saturated heterocycles. The number of nitrogens with two attached hydrogens (primary N) is 1. The Labute approximate surface area is 118 Å². The van der Waals surface area contributed by atoms with Gasteiger partial charge in [0.25, 0.3) is 5.91 Å². The highest BCUT2D eigenvalue weighted by Crippen LogP contribution is 2.31. The Hall–Kier alpha value is -2.05. The van der Waals surface area contributed by atoms with E-state index in [0.717, 1.165) is 5.69 Å². The van der Waals surface area contributed by atoms with E-state index in [2.05, 4.69) is 10.3 Å². The lowest BCUT2D eigenvalue weighted by Gasteiger charge is -2.38. The summed E-state index contributed by atoms with van der Waals surface area (Å²) in [5.74, 6) is 0.218. The van der Waals surface area contributed by atoms with Crippen molar-refractivity contribution in [2.75, 3.05) is 13.1 Å². The minimum absolute atomic E-state index is 0.0188. The molecule has 2 rings (SSSR count). The molecule has 0 saturated carbocycles. The third-order valence-electron chi connectivity index (χ3n) is 4.10. The van der Waals surface area contributed by atoms with Gasteiger partial charge in [0.05, 0.1) is 5.69 Å². The summed E-state index contributed by atoms with van der Waals surface area (Å²) in [6.07, 6.45) is 1.37. The van der Waals surface area contributed by atoms with E-state index >= 15 is 0 Å². The molecular formula is C13H21N5O2. The average molecular weight is 279 g/mol. The molecule has 0 bridgehead atoms. The largest absolute Gasteiger partial charge is 0.409 e. The highest BCUT2D eigenvalue weighted by Gasteiger charge is 2.36. The van der Waals surface area contributed by atoms with E-state index in [1.807, 2.05) is 13.8 Å². The number of hydrogen-bond donors (Lipinski definition) is 2. The number of hydrogen-bond acceptors (Lipinski definition) is 4. The van der Waals surface area contributed by atoms with Gasteiger partial charge in [-0.05, 0) is 25.8 Å². The zero-order valence-corrected chi connectivity index (χ0v) is 12.1. The third-order valence-corrected chi connectivity index (χ3v) is 4.10. The molecule has 20 heavy (non-hydrogen) atoms. The summed E-state index contributed by atoms with van der Waals surface area (Å²) in [5, 5.41) is 16.1. The fourth-order valence-corrected chi connectivity index (χ4v) is 2.55. The van der Waals surface area contributed by atoms with Gasteiger partial charge in [0.15, 0.2) is 0 Å². The molecule has 0 radical (unpaired) electrons. The second-order valence-electron chi connectivity index (χ2n) is 5.63. The van der Waals surface area contributed by atoms with Gasteiger partial charge in [-0.15, -0.1) is 0 Å². The summed E-state index contributed by atoms with van der Waals surface area (Å²) in [4.78, 5) is 14.2. The van der Waals surface area contributed by atoms with Crippen LogP contribution in [0.15, 0.2) is 11.2 Å². The number of likely N-dealkylation sites (tertiary alicyclic amines) is 1. The number of aromatic nitrogens is 2. The Balaban J connectivity index is 2.08. The molecular weight excluding hydrogens is 258 g/mol. The fourth-order valence-electron chi connectivity index (χ4n) is 2.55. The first-order valence-corrected chi connectivity index (χ1v) is 6.65. The van der Waals surface area contributed by atoms with Gasteiger partial charge in [-0.3, -0.25) is 9.48 Å². The van der Waals surface area contributed by atoms with Gasteiger partial charge in [-0.25, -0.2) is 0 Å². The number of rotatable bonds is 2. The second kappa shape index (κ2) is 5.15. The topological polar surface area (TPSA) is 96.7 Å². The molecule has 1 fully saturated rings. The minimum Gasteiger partial charge on any atom is -0.409 e. The number of amides is 1. The lowest BCUT2D eigenvalue weighted by molar-refractivity contribution is 0.0655. The highest BCUT2D eigenvalue weighted by atomic mass is 16.4. The summed E-state index contributed by atoms with van der Waals surface area (Å²) < 4.78 is 1.61. The number of carbonyl (C=O) groups excluding carboxylic acids is 1. The predicted molar refractivity (Wildman–Crippen MR) is 74.6 cm³/mol. The van der Waals surface area contributed by atoms with Crippen LogP contribution in [-0.4, -0.2) is 44.7 Å². The van der Waals surface area contributed by atoms with Crippen molar-refractivity contribution in [3.8, 4) is 0 Å². The molecule has 1 aliphatic rings. The summed E-state index contributed by atoms with van der Waals surface area (Å²) in [5.41, 5.74) is 6.81. The van der Waals surface area contributed by atoms with Crippen molar-refractivity contribution in [2.24, 2.45) is 23.4 Å². The Bertz CT molecular complexity index is 541. The molecule has 0 atom stereocenters. The van der Waals surface area contributed by atoms with Crippen LogP contribution in [0.4, 0.5) is 0 Å². The average Bonchev–Trinajstić information content (AvgIpc) is 2.76. The first-order valence-electron chi connectivity index (χ1n) is 6.65. The Morgan fingerprint density at radius 3 is 2.55 bits per heavy atom. The van der Waals surface area contributed by atoms with E-state index in [1.54, 1.807) is 22.7 Å². The van der Waals surface area contributed by atoms with E-state index in [0.29, 0.717) is 31.6 Å². The van der Waals surface area contributed by atoms with Crippen molar-refractivity contribution in [3.63, 3.8) is 0 Å². The van der Waals surface area contributed by atoms with Crippen molar-refractivity contribution in [2.45, 2.75) is 26.7 Å². The van der Waals surface area contributed by atoms with E-state index < -0.39 is 0 Å². The van der Waals surface area contributed by atoms with Crippen LogP contribution in [0.25, 0.3) is 0 Å². The van der Waals surface area contributed by atoms with E-state index in [4.69, 9.17) is 10.9 Å². The maximum absolute atomic E-state index is 12.4. The van der Waals surface area contributed by atoms with Gasteiger partial charge < -0.3 is 15.8 Å². The monoisotopic (exact) mass is 279 g/mol. The number of carbonyl (C=O) groups is 1. The van der Waals surface area contributed by atoms with Crippen LogP contribution in [-0.2, 0) is 7.05 Å². The van der Waals surface area contributed by atoms with Crippen LogP contribution in [0.5, 0.6) is 0 Å². The van der Waals surface area contributed by atoms with Crippen LogP contribution in [0.1, 0.15) is 35.9 Å². The van der Waals surface area contributed by atoms with E-state index in [1.165, 1.54) is 0 Å². The number of aryl methyl sites for hydroxylation is 2. The molecule has 7 heteroatoms. The predicted octanol–water partition coefficient (Wildman–Crippen LogP) is 0.717. The Morgan fingerprint density at radius 1 is 1.50 bits per heavy atom. The molecule has 0 aliphatic carbocycles. The number of oxime groups is 1. The zero-order valence-electron chi connectivity index (χ0n) is 12.1. The van der Waals surface area contributed by atoms with Gasteiger partial charge in [0, 0.05) is 25.6 Å². The standard InChI is InChI=1S/C13H21N5O2/c1-9-8-10(17(3)15-9)11(19)18-6-4-13(2,5-7-18)12(14)16-20/h8,20H,4-7H2,1-3H3,(H2,14,16). The molecule has 0 unspecified atom stereocenters. The van der Waals surface area contributed by atoms with Crippen molar-refractivity contribution in [1.29, 1.82) is 0 Å². The maximum Gasteiger partial charge on any atom is 0.272 e. The smallest absolute Gasteiger partial charge is 0.272 e. The molecule has 0 spiro atoms. The van der Waals surface area contributed by atoms with Crippen LogP contribution < -0.4 is 5.73 Å². The lowest BCUT2D eigenvalue weighted by Crippen LogP contribution is -2.47. The summed E-state index contributed by atoms with van der Waals surface area (Å²) in [6.45, 7) is 5.01. The maximum atomic E-state index is 12.4. The molecule has 3 N–H and O–H groups in total. The first-order chi connectivity index (χ1) is 9.37. The normalized spacial score (nSPS) is 19.1. The molecule has 1 aliphatic heterocycles. The quantitative estimate of drug-likeness (QED) is 0.361. The number of nitrogens with zero attached hydrogens (tertiary/aromatic N) is 4. The van der Waals surface area contributed by atoms with E-state index in [-0.39, 0.29) is 17.2 Å². The van der Waals surface area contributed by atoms with Crippen LogP contribution in [0, 0.1) is 12.3 Å². The molecule has 2 heterocycles. The van der Waals surface area contributed by atoms with Gasteiger partial charge in [0.2, 0.25) is 0 Å². The van der Waals surface area contributed by atoms with Gasteiger partial charge in [-0.1, -0.05) is 12.1 Å². The van der Waals surface area contributed by atoms with Gasteiger partial charge in [-0.2, -0.15) is 5.10 Å². The van der Waals surface area contributed by atoms with E-state index in [9.17, 15) is 4.79 Å². The van der Waals surface area contributed by atoms with Crippen LogP contribution >= 0.6 is 0 Å². The zero-order chi connectivity index (χ0) is 14.9. The fraction of sp³-hybridized carbons (Fsp3) is 0.615. The molecule has 0 aromatic carbocycles. The molecule has 1 aromatic heterocycles. The summed E-state index contributed by atoms with van der Waals surface area (Å²) in [7, 11) is 1.77. The minimum atomic E-state index is -0.339. The molecule has 110 valence electrons. The second-order valence-corrected chi connectivity index (χ2v) is 5.63. The van der Waals surface area contributed by atoms with Crippen molar-refractivity contribution in [1.82, 2.24) is 14.7 Å². The van der Waals surface area contributed by atoms with Crippen LogP contribution in [0.2, 0.25) is 0 Å². The highest BCUT2D eigenvalue weighted by molar-refractivity contribution is 5.93. The SMILES string of the molecule is Cc1cc(C(=O)N2CCC(C)(/C(N)=N/O)CC2)n(C)n1. The Kier molecular flexibility index (Phi) is 3.69. The molecule has 1 amide bonds. The molecule has 1 aromatic rings. The van der Waals surface area contributed by atoms with Crippen molar-refractivity contribution >= 4 is 11.7 Å². The first kappa shape index (κ1) is 14.4. The number of amidine groups is 1. The van der Waals surface area contributed by atoms with Crippen LogP contribution in [0.3, 0.4) is 0 Å². The number of piperidine rings is 1. The Morgan fingerprint density at radius 2 is 2.10 bits per heavy atom. The lowest BCUT2D eigenvalue weighted by atomic mass is 9.79. The van der Waals surface area contributed by atoms with Gasteiger partial charge in [0.1, 0.15) is 11.5 Å². The van der Waals surface area contributed by atoms with Gasteiger partial charge >= 0.3 is 0 Å².